The van der Waals surface area contributed by atoms with Crippen molar-refractivity contribution in [1.29, 1.82) is 0 Å². The molecule has 4 heterocycles. The van der Waals surface area contributed by atoms with Gasteiger partial charge in [0.05, 0.1) is 39.7 Å². The van der Waals surface area contributed by atoms with E-state index in [1.54, 1.807) is 10.6 Å². The van der Waals surface area contributed by atoms with Crippen LogP contribution in [0.3, 0.4) is 0 Å². The molecule has 0 saturated carbocycles. The van der Waals surface area contributed by atoms with Gasteiger partial charge in [0.2, 0.25) is 5.82 Å². The second-order valence-electron chi connectivity index (χ2n) is 5.30. The van der Waals surface area contributed by atoms with Crippen LogP contribution < -0.4 is 4.57 Å². The van der Waals surface area contributed by atoms with Crippen LogP contribution in [0.4, 0.5) is 0 Å². The highest BCUT2D eigenvalue weighted by Gasteiger charge is 2.34. The molecule has 1 aromatic carbocycles. The van der Waals surface area contributed by atoms with E-state index < -0.39 is 14.0 Å². The number of fused-ring (bicyclic) bond motifs is 7. The third-order valence-electron chi connectivity index (χ3n) is 4.25. The Balaban J connectivity index is 2.07. The first-order valence-corrected chi connectivity index (χ1v) is 6.71. The Morgan fingerprint density at radius 3 is 3.00 bits per heavy atom. The van der Waals surface area contributed by atoms with Gasteiger partial charge in [0, 0.05) is 18.0 Å². The number of benzene rings is 1. The fourth-order valence-electron chi connectivity index (χ4n) is 3.36. The fraction of sp³-hybridized carbons (Fsp3) is 0.176. The smallest absolute Gasteiger partial charge is 0.264 e. The van der Waals surface area contributed by atoms with E-state index in [-0.39, 0.29) is 0 Å². The van der Waals surface area contributed by atoms with E-state index >= 15 is 0 Å². The Hall–Kier alpha value is -2.62. The largest absolute Gasteiger partial charge is 0.269 e. The van der Waals surface area contributed by atoms with E-state index in [0.29, 0.717) is 34.4 Å². The van der Waals surface area contributed by atoms with Gasteiger partial charge in [0.15, 0.2) is 5.52 Å². The van der Waals surface area contributed by atoms with Crippen molar-refractivity contribution in [2.75, 3.05) is 0 Å². The molecule has 0 fully saturated rings. The van der Waals surface area contributed by atoms with E-state index in [9.17, 15) is 0 Å². The van der Waals surface area contributed by atoms with Gasteiger partial charge in [-0.25, -0.2) is 4.57 Å². The lowest BCUT2D eigenvalue weighted by atomic mass is 10.1. The molecule has 1 aliphatic rings. The van der Waals surface area contributed by atoms with Gasteiger partial charge >= 0.3 is 0 Å². The van der Waals surface area contributed by atoms with Crippen molar-refractivity contribution in [3.63, 3.8) is 0 Å². The van der Waals surface area contributed by atoms with E-state index in [2.05, 4.69) is 4.98 Å². The maximum Gasteiger partial charge on any atom is 0.269 e. The monoisotopic (exact) mass is 281 g/mol. The molecule has 0 amide bonds. The lowest BCUT2D eigenvalue weighted by molar-refractivity contribution is -0.648. The minimum Gasteiger partial charge on any atom is -0.264 e. The summed E-state index contributed by atoms with van der Waals surface area (Å²) in [6, 6.07) is 9.16. The molecule has 3 aromatic heterocycles. The lowest BCUT2D eigenvalue weighted by Gasteiger charge is -1.97. The molecule has 4 aromatic rings. The fourth-order valence-corrected chi connectivity index (χ4v) is 3.36. The maximum atomic E-state index is 8.13. The molecular formula is C17H15N4+. The average Bonchev–Trinajstić information content (AvgIpc) is 3.19. The standard InChI is InChI=1S/C17H15N4/c1-19-14-7-8-18-9-13(14)15-17(19)21-10-11-5-3-4-6-12(11)16(21)20(15)2/h3-9H,10H2,1-2H3/q+1/i1D3,2D3. The number of nitrogens with zero attached hydrogens (tertiary/aromatic N) is 4. The van der Waals surface area contributed by atoms with Crippen LogP contribution in [0.1, 0.15) is 13.8 Å². The molecule has 0 radical (unpaired) electrons. The highest BCUT2D eigenvalue weighted by molar-refractivity contribution is 6.04. The van der Waals surface area contributed by atoms with Gasteiger partial charge in [-0.2, -0.15) is 0 Å². The predicted molar refractivity (Wildman–Crippen MR) is 81.9 cm³/mol. The molecule has 0 spiro atoms. The number of pyridine rings is 1. The molecule has 5 rings (SSSR count). The number of hydrogen-bond acceptors (Lipinski definition) is 1. The minimum absolute atomic E-state index is 0.374. The Labute approximate surface area is 130 Å². The Morgan fingerprint density at radius 2 is 2.10 bits per heavy atom. The summed E-state index contributed by atoms with van der Waals surface area (Å²) in [6.07, 6.45) is 3.05. The van der Waals surface area contributed by atoms with Crippen LogP contribution in [0, 0.1) is 0 Å². The van der Waals surface area contributed by atoms with Gasteiger partial charge in [-0.1, -0.05) is 18.2 Å². The first-order chi connectivity index (χ1) is 12.7. The zero-order chi connectivity index (χ0) is 19.1. The van der Waals surface area contributed by atoms with Crippen LogP contribution in [-0.4, -0.2) is 14.1 Å². The van der Waals surface area contributed by atoms with Gasteiger partial charge in [-0.05, 0) is 12.1 Å². The highest BCUT2D eigenvalue weighted by Crippen LogP contribution is 2.34. The van der Waals surface area contributed by atoms with Crippen molar-refractivity contribution in [2.45, 2.75) is 6.54 Å². The average molecular weight is 281 g/mol. The number of aromatic nitrogens is 4. The number of hydrogen-bond donors (Lipinski definition) is 0. The molecule has 102 valence electrons. The first kappa shape index (κ1) is 6.89. The summed E-state index contributed by atoms with van der Waals surface area (Å²) in [5, 5.41) is 0.513. The Bertz CT molecular complexity index is 1230. The van der Waals surface area contributed by atoms with E-state index in [0.717, 1.165) is 11.1 Å². The van der Waals surface area contributed by atoms with Crippen LogP contribution in [0.15, 0.2) is 42.7 Å². The molecular weight excluding hydrogens is 260 g/mol. The van der Waals surface area contributed by atoms with Crippen LogP contribution in [0.25, 0.3) is 33.5 Å². The molecule has 0 bridgehead atoms. The van der Waals surface area contributed by atoms with Gasteiger partial charge in [0.25, 0.3) is 5.65 Å². The molecule has 4 nitrogen and oxygen atoms in total. The van der Waals surface area contributed by atoms with E-state index in [1.165, 1.54) is 21.5 Å². The second-order valence-corrected chi connectivity index (χ2v) is 5.30. The first-order valence-electron chi connectivity index (χ1n) is 9.71. The van der Waals surface area contributed by atoms with Gasteiger partial charge in [-0.3, -0.25) is 14.1 Å². The lowest BCUT2D eigenvalue weighted by Crippen LogP contribution is -2.33. The number of aryl methyl sites for hydroxylation is 2. The van der Waals surface area contributed by atoms with E-state index in [1.807, 2.05) is 24.3 Å². The molecule has 1 aliphatic heterocycles. The summed E-state index contributed by atoms with van der Waals surface area (Å²) < 4.78 is 52.9. The summed E-state index contributed by atoms with van der Waals surface area (Å²) in [4.78, 5) is 4.11. The van der Waals surface area contributed by atoms with Crippen LogP contribution in [0.2, 0.25) is 0 Å². The molecule has 4 heteroatoms. The van der Waals surface area contributed by atoms with Crippen molar-refractivity contribution >= 4 is 22.1 Å². The molecule has 0 N–H and O–H groups in total. The van der Waals surface area contributed by atoms with Crippen molar-refractivity contribution in [2.24, 2.45) is 14.0 Å². The summed E-state index contributed by atoms with van der Waals surface area (Å²) in [5.41, 5.74) is 2.96. The van der Waals surface area contributed by atoms with Crippen LogP contribution >= 0.6 is 0 Å². The van der Waals surface area contributed by atoms with Crippen molar-refractivity contribution < 1.29 is 12.8 Å². The molecule has 0 aliphatic carbocycles. The highest BCUT2D eigenvalue weighted by atomic mass is 15.2. The van der Waals surface area contributed by atoms with Gasteiger partial charge in [-0.15, -0.1) is 0 Å². The van der Waals surface area contributed by atoms with Crippen molar-refractivity contribution in [3.8, 4) is 11.4 Å². The SMILES string of the molecule is [2H]C([2H])([2H])n1c2[n+](c3c1c1cnccc1n3C([2H])([2H])[2H])Cc1ccccc1-2. The van der Waals surface area contributed by atoms with Gasteiger partial charge in [0.1, 0.15) is 5.52 Å². The number of rotatable bonds is 0. The van der Waals surface area contributed by atoms with Crippen LogP contribution in [-0.2, 0) is 20.5 Å². The normalized spacial score (nSPS) is 18.5. The molecule has 0 unspecified atom stereocenters. The quantitative estimate of drug-likeness (QED) is 0.400. The predicted octanol–water partition coefficient (Wildman–Crippen LogP) is 2.38. The van der Waals surface area contributed by atoms with Crippen molar-refractivity contribution in [1.82, 2.24) is 14.1 Å². The van der Waals surface area contributed by atoms with Crippen LogP contribution in [0.5, 0.6) is 0 Å². The zero-order valence-corrected chi connectivity index (χ0v) is 11.0. The number of imidazole rings is 1. The molecule has 0 saturated heterocycles. The Morgan fingerprint density at radius 1 is 1.19 bits per heavy atom. The topological polar surface area (TPSA) is 26.6 Å². The maximum absolute atomic E-state index is 8.13. The molecule has 0 atom stereocenters. The third-order valence-corrected chi connectivity index (χ3v) is 4.25. The minimum atomic E-state index is -2.47. The summed E-state index contributed by atoms with van der Waals surface area (Å²) >= 11 is 0. The summed E-state index contributed by atoms with van der Waals surface area (Å²) in [5.74, 6) is 0.499. The molecule has 21 heavy (non-hydrogen) atoms. The second kappa shape index (κ2) is 3.52. The van der Waals surface area contributed by atoms with Gasteiger partial charge < -0.3 is 0 Å². The van der Waals surface area contributed by atoms with E-state index in [4.69, 9.17) is 8.22 Å². The zero-order valence-electron chi connectivity index (χ0n) is 17.0. The Kier molecular flexibility index (Phi) is 1.16. The third kappa shape index (κ3) is 1.17. The summed E-state index contributed by atoms with van der Waals surface area (Å²) in [7, 11) is 0. The van der Waals surface area contributed by atoms with Crippen molar-refractivity contribution in [3.05, 3.63) is 48.3 Å². The summed E-state index contributed by atoms with van der Waals surface area (Å²) in [6.45, 7) is -4.51.